The van der Waals surface area contributed by atoms with Crippen LogP contribution in [-0.2, 0) is 19.6 Å². The minimum Gasteiger partial charge on any atom is -0.484 e. The third-order valence-electron chi connectivity index (χ3n) is 5.32. The zero-order valence-corrected chi connectivity index (χ0v) is 22.5. The van der Waals surface area contributed by atoms with Crippen molar-refractivity contribution in [3.63, 3.8) is 0 Å². The minimum absolute atomic E-state index is 0.0283. The second-order valence-electron chi connectivity index (χ2n) is 8.19. The van der Waals surface area contributed by atoms with Gasteiger partial charge in [-0.15, -0.1) is 0 Å². The van der Waals surface area contributed by atoms with E-state index < -0.39 is 22.5 Å². The first kappa shape index (κ1) is 28.3. The molecule has 4 aromatic rings. The molecule has 0 bridgehead atoms. The van der Waals surface area contributed by atoms with E-state index in [0.717, 1.165) is 4.31 Å². The Kier molecular flexibility index (Phi) is 9.44. The number of rotatable bonds is 11. The summed E-state index contributed by atoms with van der Waals surface area (Å²) < 4.78 is 32.9. The number of pyridine rings is 1. The average Bonchev–Trinajstić information content (AvgIpc) is 2.97. The van der Waals surface area contributed by atoms with E-state index in [1.54, 1.807) is 78.9 Å². The van der Waals surface area contributed by atoms with Gasteiger partial charge in [-0.05, 0) is 66.2 Å². The number of anilines is 2. The first-order valence-electron chi connectivity index (χ1n) is 11.9. The highest BCUT2D eigenvalue weighted by atomic mass is 35.5. The van der Waals surface area contributed by atoms with Crippen LogP contribution in [0.4, 0.5) is 11.5 Å². The van der Waals surface area contributed by atoms with E-state index in [2.05, 4.69) is 20.8 Å². The number of halogens is 1. The zero-order chi connectivity index (χ0) is 28.4. The number of aromatic nitrogens is 1. The number of hydrogen-bond donors (Lipinski definition) is 2. The summed E-state index contributed by atoms with van der Waals surface area (Å²) in [4.78, 5) is 28.9. The van der Waals surface area contributed by atoms with Gasteiger partial charge in [0.25, 0.3) is 21.8 Å². The number of benzene rings is 3. The molecular weight excluding hydrogens is 554 g/mol. The van der Waals surface area contributed by atoms with E-state index in [0.29, 0.717) is 22.0 Å². The number of nitrogens with zero attached hydrogens (tertiary/aromatic N) is 3. The van der Waals surface area contributed by atoms with Crippen molar-refractivity contribution in [1.82, 2.24) is 10.4 Å². The first-order valence-corrected chi connectivity index (χ1v) is 13.7. The number of sulfonamides is 1. The van der Waals surface area contributed by atoms with Gasteiger partial charge in [0.15, 0.2) is 6.61 Å². The topological polar surface area (TPSA) is 130 Å². The lowest BCUT2D eigenvalue weighted by atomic mass is 10.2. The Morgan fingerprint density at radius 1 is 0.900 bits per heavy atom. The van der Waals surface area contributed by atoms with Crippen LogP contribution in [0.1, 0.15) is 5.56 Å². The van der Waals surface area contributed by atoms with Crippen molar-refractivity contribution in [2.24, 2.45) is 5.10 Å². The summed E-state index contributed by atoms with van der Waals surface area (Å²) in [6.07, 6.45) is 2.83. The van der Waals surface area contributed by atoms with Gasteiger partial charge >= 0.3 is 0 Å². The molecule has 0 atom stereocenters. The molecule has 0 unspecified atom stereocenters. The van der Waals surface area contributed by atoms with Crippen molar-refractivity contribution in [3.8, 4) is 5.75 Å². The molecule has 0 spiro atoms. The number of carbonyl (C=O) groups is 2. The number of nitrogens with one attached hydrogen (secondary N) is 2. The second-order valence-corrected chi connectivity index (χ2v) is 10.5. The fourth-order valence-corrected chi connectivity index (χ4v) is 4.98. The monoisotopic (exact) mass is 577 g/mol. The smallest absolute Gasteiger partial charge is 0.265 e. The lowest BCUT2D eigenvalue weighted by Gasteiger charge is -2.22. The van der Waals surface area contributed by atoms with Gasteiger partial charge in [-0.2, -0.15) is 5.10 Å². The van der Waals surface area contributed by atoms with Crippen molar-refractivity contribution in [1.29, 1.82) is 0 Å². The van der Waals surface area contributed by atoms with Crippen LogP contribution in [0.25, 0.3) is 0 Å². The molecule has 3 aromatic carbocycles. The fraction of sp³-hybridized carbons (Fsp3) is 0.0714. The van der Waals surface area contributed by atoms with E-state index in [1.165, 1.54) is 30.6 Å². The molecule has 10 nitrogen and oxygen atoms in total. The van der Waals surface area contributed by atoms with E-state index >= 15 is 0 Å². The molecule has 204 valence electrons. The number of hydrogen-bond acceptors (Lipinski definition) is 7. The third kappa shape index (κ3) is 7.65. The summed E-state index contributed by atoms with van der Waals surface area (Å²) >= 11 is 6.04. The number of amides is 2. The first-order chi connectivity index (χ1) is 19.3. The Bertz CT molecular complexity index is 1580. The Labute approximate surface area is 236 Å². The highest BCUT2D eigenvalue weighted by Crippen LogP contribution is 2.22. The zero-order valence-electron chi connectivity index (χ0n) is 21.0. The van der Waals surface area contributed by atoms with Gasteiger partial charge in [0.1, 0.15) is 18.1 Å². The summed E-state index contributed by atoms with van der Waals surface area (Å²) in [7, 11) is -4.05. The molecule has 1 aromatic heterocycles. The number of carbonyl (C=O) groups excluding carboxylic acids is 2. The van der Waals surface area contributed by atoms with Gasteiger partial charge in [0.2, 0.25) is 0 Å². The van der Waals surface area contributed by atoms with Crippen LogP contribution in [0.3, 0.4) is 0 Å². The maximum atomic E-state index is 13.2. The van der Waals surface area contributed by atoms with Crippen LogP contribution < -0.4 is 19.8 Å². The molecule has 2 amide bonds. The van der Waals surface area contributed by atoms with Crippen LogP contribution in [0, 0.1) is 0 Å². The van der Waals surface area contributed by atoms with Crippen LogP contribution in [0.15, 0.2) is 113 Å². The highest BCUT2D eigenvalue weighted by Gasteiger charge is 2.27. The molecule has 0 saturated heterocycles. The molecule has 0 aliphatic heterocycles. The van der Waals surface area contributed by atoms with Crippen LogP contribution >= 0.6 is 11.6 Å². The molecule has 0 aliphatic rings. The summed E-state index contributed by atoms with van der Waals surface area (Å²) in [6.45, 7) is -0.748. The molecule has 0 fully saturated rings. The van der Waals surface area contributed by atoms with Crippen LogP contribution in [0.2, 0.25) is 5.02 Å². The molecule has 0 radical (unpaired) electrons. The molecule has 40 heavy (non-hydrogen) atoms. The Hall–Kier alpha value is -4.74. The molecule has 0 aliphatic carbocycles. The molecule has 1 heterocycles. The van der Waals surface area contributed by atoms with Crippen molar-refractivity contribution in [2.45, 2.75) is 4.90 Å². The lowest BCUT2D eigenvalue weighted by molar-refractivity contribution is -0.119. The molecule has 0 saturated carbocycles. The van der Waals surface area contributed by atoms with Crippen LogP contribution in [0.5, 0.6) is 5.75 Å². The molecular formula is C28H24ClN5O5S. The van der Waals surface area contributed by atoms with Crippen molar-refractivity contribution in [2.75, 3.05) is 22.8 Å². The number of ether oxygens (including phenoxy) is 1. The van der Waals surface area contributed by atoms with Gasteiger partial charge in [-0.3, -0.25) is 9.59 Å². The van der Waals surface area contributed by atoms with Gasteiger partial charge in [0.05, 0.1) is 21.8 Å². The summed E-state index contributed by atoms with van der Waals surface area (Å²) in [5.74, 6) is -0.476. The summed E-state index contributed by atoms with van der Waals surface area (Å²) in [5, 5.41) is 7.01. The Morgan fingerprint density at radius 3 is 2.30 bits per heavy atom. The average molecular weight is 578 g/mol. The Balaban J connectivity index is 1.32. The van der Waals surface area contributed by atoms with Gasteiger partial charge in [-0.25, -0.2) is 23.1 Å². The van der Waals surface area contributed by atoms with Crippen LogP contribution in [-0.4, -0.2) is 44.6 Å². The van der Waals surface area contributed by atoms with Gasteiger partial charge in [-0.1, -0.05) is 48.0 Å². The predicted molar refractivity (Wildman–Crippen MR) is 153 cm³/mol. The number of hydrazone groups is 1. The molecule has 4 rings (SSSR count). The van der Waals surface area contributed by atoms with E-state index in [9.17, 15) is 18.0 Å². The number of para-hydroxylation sites is 1. The second kappa shape index (κ2) is 13.4. The highest BCUT2D eigenvalue weighted by molar-refractivity contribution is 7.92. The maximum absolute atomic E-state index is 13.2. The molecule has 2 N–H and O–H groups in total. The van der Waals surface area contributed by atoms with Crippen molar-refractivity contribution < 1.29 is 22.7 Å². The van der Waals surface area contributed by atoms with E-state index in [1.807, 2.05) is 0 Å². The maximum Gasteiger partial charge on any atom is 0.265 e. The minimum atomic E-state index is -4.05. The third-order valence-corrected chi connectivity index (χ3v) is 7.42. The van der Waals surface area contributed by atoms with E-state index in [4.69, 9.17) is 16.3 Å². The fourth-order valence-electron chi connectivity index (χ4n) is 3.40. The van der Waals surface area contributed by atoms with Crippen molar-refractivity contribution in [3.05, 3.63) is 114 Å². The Morgan fingerprint density at radius 2 is 1.60 bits per heavy atom. The van der Waals surface area contributed by atoms with Gasteiger partial charge in [0, 0.05) is 6.20 Å². The quantitative estimate of drug-likeness (QED) is 0.204. The normalized spacial score (nSPS) is 11.1. The van der Waals surface area contributed by atoms with E-state index in [-0.39, 0.29) is 23.2 Å². The van der Waals surface area contributed by atoms with Gasteiger partial charge < -0.3 is 10.1 Å². The summed E-state index contributed by atoms with van der Waals surface area (Å²) in [5.41, 5.74) is 3.46. The predicted octanol–water partition coefficient (Wildman–Crippen LogP) is 4.10. The lowest BCUT2D eigenvalue weighted by Crippen LogP contribution is -2.40. The standard InChI is InChI=1S/C28H24ClN5O5S/c29-24-10-4-5-11-25(24)32-28(36)20-39-22-15-13-21(14-16-22)18-31-33-27(35)19-34(26-12-6-7-17-30-26)40(37,38)23-8-2-1-3-9-23/h1-18H,19-20H2,(H,32,36)(H,33,35)/b31-18-. The van der Waals surface area contributed by atoms with Crippen molar-refractivity contribution >= 4 is 51.2 Å². The largest absolute Gasteiger partial charge is 0.484 e. The molecule has 12 heteroatoms. The summed E-state index contributed by atoms with van der Waals surface area (Å²) in [6, 6.07) is 26.1. The SMILES string of the molecule is O=C(CN(c1ccccn1)S(=O)(=O)c1ccccc1)N/N=C\c1ccc(OCC(=O)Nc2ccccc2Cl)cc1.